The molecule has 0 saturated heterocycles. The van der Waals surface area contributed by atoms with E-state index >= 15 is 0 Å². The maximum absolute atomic E-state index is 4.56. The quantitative estimate of drug-likeness (QED) is 0.726. The lowest BCUT2D eigenvalue weighted by Crippen LogP contribution is -2.19. The molecule has 3 aromatic rings. The van der Waals surface area contributed by atoms with Crippen LogP contribution in [0.1, 0.15) is 30.9 Å². The summed E-state index contributed by atoms with van der Waals surface area (Å²) in [5.41, 5.74) is 3.51. The van der Waals surface area contributed by atoms with Crippen LogP contribution in [0.25, 0.3) is 0 Å². The van der Waals surface area contributed by atoms with Gasteiger partial charge in [-0.15, -0.1) is 5.10 Å². The molecule has 0 amide bonds. The van der Waals surface area contributed by atoms with E-state index in [0.29, 0.717) is 17.7 Å². The monoisotopic (exact) mass is 333 g/mol. The van der Waals surface area contributed by atoms with Crippen LogP contribution in [-0.4, -0.2) is 22.2 Å². The van der Waals surface area contributed by atoms with Gasteiger partial charge in [-0.05, 0) is 29.2 Å². The van der Waals surface area contributed by atoms with Gasteiger partial charge in [0.25, 0.3) is 0 Å². The third kappa shape index (κ3) is 4.53. The molecule has 0 aliphatic carbocycles. The number of rotatable bonds is 6. The van der Waals surface area contributed by atoms with Gasteiger partial charge in [0.2, 0.25) is 5.95 Å². The smallest absolute Gasteiger partial charge is 0.247 e. The minimum Gasteiger partial charge on any atom is -0.339 e. The fourth-order valence-electron chi connectivity index (χ4n) is 2.54. The summed E-state index contributed by atoms with van der Waals surface area (Å²) >= 11 is 0. The molecule has 5 heteroatoms. The van der Waals surface area contributed by atoms with Crippen molar-refractivity contribution in [3.05, 3.63) is 71.9 Å². The van der Waals surface area contributed by atoms with Crippen LogP contribution in [-0.2, 0) is 6.54 Å². The molecule has 0 unspecified atom stereocenters. The summed E-state index contributed by atoms with van der Waals surface area (Å²) in [6.45, 7) is 5.10. The van der Waals surface area contributed by atoms with Crippen LogP contribution >= 0.6 is 0 Å². The highest BCUT2D eigenvalue weighted by Crippen LogP contribution is 2.20. The van der Waals surface area contributed by atoms with Crippen molar-refractivity contribution in [3.8, 4) is 0 Å². The first-order valence-electron chi connectivity index (χ1n) is 8.43. The van der Waals surface area contributed by atoms with Crippen molar-refractivity contribution in [2.24, 2.45) is 0 Å². The molecule has 1 aromatic heterocycles. The molecule has 25 heavy (non-hydrogen) atoms. The molecule has 128 valence electrons. The summed E-state index contributed by atoms with van der Waals surface area (Å²) in [4.78, 5) is 6.54. The molecule has 0 aliphatic heterocycles. The van der Waals surface area contributed by atoms with Crippen molar-refractivity contribution in [2.75, 3.05) is 17.3 Å². The zero-order chi connectivity index (χ0) is 17.6. The van der Waals surface area contributed by atoms with Gasteiger partial charge in [0.15, 0.2) is 5.82 Å². The SMILES string of the molecule is CC(C)c1ccc(Nc2cnnc(N(C)Cc3ccccc3)n2)cc1. The first-order chi connectivity index (χ1) is 12.1. The number of benzene rings is 2. The number of hydrogen-bond donors (Lipinski definition) is 1. The molecular weight excluding hydrogens is 310 g/mol. The Kier molecular flexibility index (Phi) is 5.23. The lowest BCUT2D eigenvalue weighted by atomic mass is 10.0. The fraction of sp³-hybridized carbons (Fsp3) is 0.250. The highest BCUT2D eigenvalue weighted by molar-refractivity contribution is 5.56. The molecule has 0 radical (unpaired) electrons. The first kappa shape index (κ1) is 16.9. The molecule has 1 heterocycles. The largest absolute Gasteiger partial charge is 0.339 e. The molecule has 0 atom stereocenters. The Bertz CT molecular complexity index is 800. The number of hydrogen-bond acceptors (Lipinski definition) is 5. The molecule has 0 spiro atoms. The minimum atomic E-state index is 0.521. The fourth-order valence-corrected chi connectivity index (χ4v) is 2.54. The van der Waals surface area contributed by atoms with E-state index in [1.54, 1.807) is 6.20 Å². The summed E-state index contributed by atoms with van der Waals surface area (Å²) in [6, 6.07) is 18.6. The summed E-state index contributed by atoms with van der Waals surface area (Å²) < 4.78 is 0. The Morgan fingerprint density at radius 3 is 2.40 bits per heavy atom. The van der Waals surface area contributed by atoms with Gasteiger partial charge in [-0.25, -0.2) is 0 Å². The molecule has 1 N–H and O–H groups in total. The molecule has 0 aliphatic rings. The average Bonchev–Trinajstić information content (AvgIpc) is 2.63. The molecular formula is C20H23N5. The van der Waals surface area contributed by atoms with Gasteiger partial charge in [0.1, 0.15) is 0 Å². The zero-order valence-corrected chi connectivity index (χ0v) is 14.8. The van der Waals surface area contributed by atoms with Crippen LogP contribution in [0.3, 0.4) is 0 Å². The Hall–Kier alpha value is -2.95. The summed E-state index contributed by atoms with van der Waals surface area (Å²) in [7, 11) is 1.96. The topological polar surface area (TPSA) is 53.9 Å². The van der Waals surface area contributed by atoms with E-state index in [1.165, 1.54) is 11.1 Å². The zero-order valence-electron chi connectivity index (χ0n) is 14.8. The predicted octanol–water partition coefficient (Wildman–Crippen LogP) is 4.38. The van der Waals surface area contributed by atoms with Gasteiger partial charge in [-0.1, -0.05) is 56.3 Å². The molecule has 0 bridgehead atoms. The first-order valence-corrected chi connectivity index (χ1v) is 8.43. The molecule has 2 aromatic carbocycles. The Labute approximate surface area is 148 Å². The van der Waals surface area contributed by atoms with E-state index in [0.717, 1.165) is 12.2 Å². The number of nitrogens with one attached hydrogen (secondary N) is 1. The van der Waals surface area contributed by atoms with Gasteiger partial charge in [0.05, 0.1) is 6.20 Å². The molecule has 5 nitrogen and oxygen atoms in total. The van der Waals surface area contributed by atoms with Crippen molar-refractivity contribution in [1.29, 1.82) is 0 Å². The van der Waals surface area contributed by atoms with E-state index in [1.807, 2.05) is 30.1 Å². The molecule has 0 fully saturated rings. The second-order valence-corrected chi connectivity index (χ2v) is 6.38. The maximum Gasteiger partial charge on any atom is 0.247 e. The predicted molar refractivity (Wildman–Crippen MR) is 102 cm³/mol. The van der Waals surface area contributed by atoms with E-state index in [2.05, 4.69) is 70.7 Å². The van der Waals surface area contributed by atoms with E-state index in [4.69, 9.17) is 0 Å². The third-order valence-electron chi connectivity index (χ3n) is 4.00. The van der Waals surface area contributed by atoms with Crippen molar-refractivity contribution in [1.82, 2.24) is 15.2 Å². The van der Waals surface area contributed by atoms with Crippen LogP contribution in [0.4, 0.5) is 17.5 Å². The van der Waals surface area contributed by atoms with Gasteiger partial charge in [0, 0.05) is 19.3 Å². The molecule has 0 saturated carbocycles. The van der Waals surface area contributed by atoms with Crippen LogP contribution in [0, 0.1) is 0 Å². The minimum absolute atomic E-state index is 0.521. The second kappa shape index (κ2) is 7.75. The van der Waals surface area contributed by atoms with Crippen molar-refractivity contribution in [3.63, 3.8) is 0 Å². The molecule has 3 rings (SSSR count). The number of anilines is 3. The van der Waals surface area contributed by atoms with Crippen molar-refractivity contribution >= 4 is 17.5 Å². The highest BCUT2D eigenvalue weighted by Gasteiger charge is 2.08. The second-order valence-electron chi connectivity index (χ2n) is 6.38. The van der Waals surface area contributed by atoms with Crippen molar-refractivity contribution in [2.45, 2.75) is 26.3 Å². The van der Waals surface area contributed by atoms with Crippen LogP contribution in [0.15, 0.2) is 60.8 Å². The lowest BCUT2D eigenvalue weighted by molar-refractivity contribution is 0.831. The summed E-state index contributed by atoms with van der Waals surface area (Å²) in [5, 5.41) is 11.5. The van der Waals surface area contributed by atoms with Gasteiger partial charge < -0.3 is 10.2 Å². The van der Waals surface area contributed by atoms with Crippen molar-refractivity contribution < 1.29 is 0 Å². The normalized spacial score (nSPS) is 10.7. The van der Waals surface area contributed by atoms with Crippen LogP contribution in [0.2, 0.25) is 0 Å². The van der Waals surface area contributed by atoms with E-state index in [-0.39, 0.29) is 0 Å². The van der Waals surface area contributed by atoms with Gasteiger partial charge in [-0.3, -0.25) is 0 Å². The van der Waals surface area contributed by atoms with Crippen LogP contribution < -0.4 is 10.2 Å². The van der Waals surface area contributed by atoms with Crippen LogP contribution in [0.5, 0.6) is 0 Å². The average molecular weight is 333 g/mol. The number of nitrogens with zero attached hydrogens (tertiary/aromatic N) is 4. The summed E-state index contributed by atoms with van der Waals surface area (Å²) in [6.07, 6.45) is 1.64. The number of aromatic nitrogens is 3. The van der Waals surface area contributed by atoms with Gasteiger partial charge >= 0.3 is 0 Å². The standard InChI is InChI=1S/C20H23N5/c1-15(2)17-9-11-18(12-10-17)22-19-13-21-24-20(23-19)25(3)14-16-7-5-4-6-8-16/h4-13,15H,14H2,1-3H3,(H,22,23,24). The third-order valence-corrected chi connectivity index (χ3v) is 4.00. The van der Waals surface area contributed by atoms with Gasteiger partial charge in [-0.2, -0.15) is 10.1 Å². The van der Waals surface area contributed by atoms with E-state index in [9.17, 15) is 0 Å². The Morgan fingerprint density at radius 1 is 1.00 bits per heavy atom. The Balaban J connectivity index is 1.70. The Morgan fingerprint density at radius 2 is 1.72 bits per heavy atom. The highest BCUT2D eigenvalue weighted by atomic mass is 15.3. The summed E-state index contributed by atoms with van der Waals surface area (Å²) in [5.74, 6) is 1.79. The lowest BCUT2D eigenvalue weighted by Gasteiger charge is -2.17. The maximum atomic E-state index is 4.56. The van der Waals surface area contributed by atoms with E-state index < -0.39 is 0 Å².